The van der Waals surface area contributed by atoms with Gasteiger partial charge in [-0.3, -0.25) is 14.5 Å². The molecular weight excluding hydrogens is 411 g/mol. The van der Waals surface area contributed by atoms with Gasteiger partial charge >= 0.3 is 0 Å². The third-order valence-corrected chi connectivity index (χ3v) is 7.76. The number of piperazine rings is 1. The van der Waals surface area contributed by atoms with E-state index >= 15 is 0 Å². The lowest BCUT2D eigenvalue weighted by Crippen LogP contribution is -2.58. The highest BCUT2D eigenvalue weighted by Crippen LogP contribution is 2.27. The van der Waals surface area contributed by atoms with Crippen molar-refractivity contribution in [3.8, 4) is 0 Å². The molecule has 3 aliphatic heterocycles. The Labute approximate surface area is 175 Å². The summed E-state index contributed by atoms with van der Waals surface area (Å²) in [7, 11) is -3.81. The summed E-state index contributed by atoms with van der Waals surface area (Å²) in [5, 5.41) is 2.89. The molecular formula is C20H27FN4O4S. The van der Waals surface area contributed by atoms with Gasteiger partial charge in [0.25, 0.3) is 0 Å². The molecule has 2 N–H and O–H groups in total. The molecule has 0 saturated carbocycles. The molecule has 3 heterocycles. The summed E-state index contributed by atoms with van der Waals surface area (Å²) in [4.78, 5) is 28.6. The van der Waals surface area contributed by atoms with Crippen molar-refractivity contribution in [3.05, 3.63) is 30.1 Å². The molecule has 3 atom stereocenters. The average molecular weight is 439 g/mol. The molecule has 4 rings (SSSR count). The minimum atomic E-state index is -3.81. The van der Waals surface area contributed by atoms with Crippen LogP contribution in [0, 0.1) is 5.82 Å². The highest BCUT2D eigenvalue weighted by Gasteiger charge is 2.44. The van der Waals surface area contributed by atoms with Crippen LogP contribution >= 0.6 is 0 Å². The maximum absolute atomic E-state index is 13.1. The average Bonchev–Trinajstić information content (AvgIpc) is 3.38. The van der Waals surface area contributed by atoms with E-state index in [-0.39, 0.29) is 22.8 Å². The van der Waals surface area contributed by atoms with Gasteiger partial charge in [-0.15, -0.1) is 0 Å². The highest BCUT2D eigenvalue weighted by molar-refractivity contribution is 7.89. The summed E-state index contributed by atoms with van der Waals surface area (Å²) >= 11 is 0. The van der Waals surface area contributed by atoms with Gasteiger partial charge in [0.2, 0.25) is 21.8 Å². The van der Waals surface area contributed by atoms with Crippen molar-refractivity contribution in [2.45, 2.75) is 55.1 Å². The van der Waals surface area contributed by atoms with E-state index in [1.165, 1.54) is 12.1 Å². The van der Waals surface area contributed by atoms with Gasteiger partial charge in [-0.25, -0.2) is 17.5 Å². The van der Waals surface area contributed by atoms with E-state index in [4.69, 9.17) is 0 Å². The number of nitrogens with one attached hydrogen (secondary N) is 2. The second-order valence-corrected chi connectivity index (χ2v) is 9.96. The van der Waals surface area contributed by atoms with Gasteiger partial charge in [0, 0.05) is 44.7 Å². The molecule has 10 heteroatoms. The fourth-order valence-electron chi connectivity index (χ4n) is 4.65. The largest absolute Gasteiger partial charge is 0.353 e. The number of rotatable bonds is 6. The number of sulfonamides is 1. The number of halogens is 1. The smallest absolute Gasteiger partial charge is 0.240 e. The molecule has 3 aliphatic rings. The zero-order chi connectivity index (χ0) is 21.3. The molecule has 0 aliphatic carbocycles. The maximum Gasteiger partial charge on any atom is 0.240 e. The van der Waals surface area contributed by atoms with E-state index in [1.54, 1.807) is 0 Å². The Morgan fingerprint density at radius 3 is 2.60 bits per heavy atom. The molecule has 3 unspecified atom stereocenters. The van der Waals surface area contributed by atoms with Crippen LogP contribution in [0.15, 0.2) is 29.2 Å². The zero-order valence-corrected chi connectivity index (χ0v) is 17.5. The Morgan fingerprint density at radius 2 is 1.90 bits per heavy atom. The van der Waals surface area contributed by atoms with Crippen molar-refractivity contribution in [2.75, 3.05) is 26.2 Å². The van der Waals surface area contributed by atoms with Gasteiger partial charge in [-0.1, -0.05) is 0 Å². The van der Waals surface area contributed by atoms with Gasteiger partial charge in [-0.05, 0) is 49.9 Å². The maximum atomic E-state index is 13.1. The fourth-order valence-corrected chi connectivity index (χ4v) is 5.89. The van der Waals surface area contributed by atoms with Gasteiger partial charge in [-0.2, -0.15) is 0 Å². The summed E-state index contributed by atoms with van der Waals surface area (Å²) in [5.41, 5.74) is 0. The highest BCUT2D eigenvalue weighted by atomic mass is 32.2. The van der Waals surface area contributed by atoms with Crippen LogP contribution in [0.2, 0.25) is 0 Å². The Bertz CT molecular complexity index is 902. The van der Waals surface area contributed by atoms with Gasteiger partial charge in [0.15, 0.2) is 0 Å². The summed E-state index contributed by atoms with van der Waals surface area (Å²) < 4.78 is 41.0. The van der Waals surface area contributed by atoms with Crippen LogP contribution in [0.1, 0.15) is 32.1 Å². The van der Waals surface area contributed by atoms with Gasteiger partial charge < -0.3 is 10.2 Å². The molecule has 30 heavy (non-hydrogen) atoms. The Morgan fingerprint density at radius 1 is 1.20 bits per heavy atom. The summed E-state index contributed by atoms with van der Waals surface area (Å²) in [5.74, 6) is -0.468. The Balaban J connectivity index is 1.38. The summed E-state index contributed by atoms with van der Waals surface area (Å²) in [6.07, 6.45) is 3.52. The minimum absolute atomic E-state index is 0.000390. The van der Waals surface area contributed by atoms with Crippen LogP contribution in [0.4, 0.5) is 4.39 Å². The quantitative estimate of drug-likeness (QED) is 0.672. The third-order valence-electron chi connectivity index (χ3n) is 6.22. The molecule has 1 aromatic carbocycles. The normalized spacial score (nSPS) is 27.2. The van der Waals surface area contributed by atoms with Gasteiger partial charge in [0.1, 0.15) is 5.82 Å². The number of fused-ring (bicyclic) bond motifs is 1. The standard InChI is InChI=1S/C20H27FN4O4S/c21-14-3-6-17(7-4-14)30(28,29)23-15-11-18-20(27)22-12-16(25(18)13-15)5-8-19(26)24-9-1-2-10-24/h3-4,6-7,15-16,18,23H,1-2,5,8-13H2,(H,22,27). The number of nitrogens with zero attached hydrogens (tertiary/aromatic N) is 2. The summed E-state index contributed by atoms with van der Waals surface area (Å²) in [6, 6.07) is 3.82. The molecule has 8 nitrogen and oxygen atoms in total. The topological polar surface area (TPSA) is 98.8 Å². The van der Waals surface area contributed by atoms with Crippen LogP contribution in [-0.4, -0.2) is 74.3 Å². The van der Waals surface area contributed by atoms with E-state index in [2.05, 4.69) is 10.0 Å². The first-order valence-corrected chi connectivity index (χ1v) is 11.9. The molecule has 3 fully saturated rings. The van der Waals surface area contributed by atoms with E-state index in [0.29, 0.717) is 32.4 Å². The number of carbonyl (C=O) groups is 2. The first-order chi connectivity index (χ1) is 14.3. The van der Waals surface area contributed by atoms with Crippen molar-refractivity contribution in [3.63, 3.8) is 0 Å². The van der Waals surface area contributed by atoms with Crippen LogP contribution < -0.4 is 10.0 Å². The zero-order valence-electron chi connectivity index (χ0n) is 16.7. The van der Waals surface area contributed by atoms with Crippen molar-refractivity contribution in [1.82, 2.24) is 19.8 Å². The predicted octanol–water partition coefficient (Wildman–Crippen LogP) is 0.448. The van der Waals surface area contributed by atoms with E-state index in [0.717, 1.165) is 38.1 Å². The number of hydrogen-bond donors (Lipinski definition) is 2. The predicted molar refractivity (Wildman–Crippen MR) is 107 cm³/mol. The minimum Gasteiger partial charge on any atom is -0.353 e. The molecule has 2 amide bonds. The lowest BCUT2D eigenvalue weighted by atomic mass is 10.0. The van der Waals surface area contributed by atoms with Crippen LogP contribution in [0.3, 0.4) is 0 Å². The molecule has 3 saturated heterocycles. The third kappa shape index (κ3) is 4.50. The fraction of sp³-hybridized carbons (Fsp3) is 0.600. The number of likely N-dealkylation sites (tertiary alicyclic amines) is 1. The van der Waals surface area contributed by atoms with Crippen molar-refractivity contribution in [1.29, 1.82) is 0 Å². The van der Waals surface area contributed by atoms with Crippen LogP contribution in [0.25, 0.3) is 0 Å². The number of benzene rings is 1. The first-order valence-electron chi connectivity index (χ1n) is 10.4. The number of carbonyl (C=O) groups excluding carboxylic acids is 2. The Hall–Kier alpha value is -2.04. The van der Waals surface area contributed by atoms with Crippen LogP contribution in [-0.2, 0) is 19.6 Å². The monoisotopic (exact) mass is 438 g/mol. The lowest BCUT2D eigenvalue weighted by Gasteiger charge is -2.37. The van der Waals surface area contributed by atoms with E-state index in [9.17, 15) is 22.4 Å². The summed E-state index contributed by atoms with van der Waals surface area (Å²) in [6.45, 7) is 2.50. The Kier molecular flexibility index (Phi) is 6.08. The molecule has 0 bridgehead atoms. The molecule has 0 aromatic heterocycles. The molecule has 0 spiro atoms. The molecule has 1 aromatic rings. The van der Waals surface area contributed by atoms with Crippen LogP contribution in [0.5, 0.6) is 0 Å². The first kappa shape index (κ1) is 21.2. The van der Waals surface area contributed by atoms with E-state index in [1.807, 2.05) is 9.80 Å². The second kappa shape index (κ2) is 8.60. The van der Waals surface area contributed by atoms with Gasteiger partial charge in [0.05, 0.1) is 10.9 Å². The van der Waals surface area contributed by atoms with Crippen molar-refractivity contribution < 1.29 is 22.4 Å². The number of amides is 2. The SMILES string of the molecule is O=C1NCC(CCC(=O)N2CCCC2)N2CC(NS(=O)(=O)c3ccc(F)cc3)CC12. The molecule has 164 valence electrons. The van der Waals surface area contributed by atoms with Crippen molar-refractivity contribution in [2.24, 2.45) is 0 Å². The molecule has 0 radical (unpaired) electrons. The van der Waals surface area contributed by atoms with E-state index < -0.39 is 27.9 Å². The lowest BCUT2D eigenvalue weighted by molar-refractivity contribution is -0.131. The van der Waals surface area contributed by atoms with Crippen molar-refractivity contribution >= 4 is 21.8 Å². The second-order valence-electron chi connectivity index (χ2n) is 8.25. The number of hydrogen-bond acceptors (Lipinski definition) is 5.